The summed E-state index contributed by atoms with van der Waals surface area (Å²) in [5.41, 5.74) is 9.28. The number of nitrogens with two attached hydrogens (primary N) is 1. The predicted molar refractivity (Wildman–Crippen MR) is 92.0 cm³/mol. The van der Waals surface area contributed by atoms with Gasteiger partial charge < -0.3 is 15.8 Å². The fraction of sp³-hybridized carbons (Fsp3) is 0.333. The van der Waals surface area contributed by atoms with E-state index in [1.165, 1.54) is 0 Å². The number of hydrogen-bond donors (Lipinski definition) is 2. The zero-order valence-electron chi connectivity index (χ0n) is 13.1. The van der Waals surface area contributed by atoms with Gasteiger partial charge in [-0.25, -0.2) is 4.99 Å². The van der Waals surface area contributed by atoms with Crippen molar-refractivity contribution in [2.45, 2.75) is 25.5 Å². The molecule has 3 N–H and O–H groups in total. The minimum atomic E-state index is 0.262. The lowest BCUT2D eigenvalue weighted by atomic mass is 10.1. The second kappa shape index (κ2) is 7.74. The largest absolute Gasteiger partial charge is 0.376 e. The van der Waals surface area contributed by atoms with Gasteiger partial charge in [-0.05, 0) is 41.7 Å². The molecule has 0 saturated carbocycles. The quantitative estimate of drug-likeness (QED) is 0.657. The van der Waals surface area contributed by atoms with Crippen molar-refractivity contribution < 1.29 is 4.74 Å². The first-order valence-corrected chi connectivity index (χ1v) is 7.96. The van der Waals surface area contributed by atoms with Crippen LogP contribution in [0.4, 0.5) is 0 Å². The van der Waals surface area contributed by atoms with E-state index in [4.69, 9.17) is 10.5 Å². The molecule has 1 aromatic heterocycles. The summed E-state index contributed by atoms with van der Waals surface area (Å²) < 4.78 is 5.55. The number of nitrogens with one attached hydrogen (secondary N) is 1. The molecule has 0 radical (unpaired) electrons. The lowest BCUT2D eigenvalue weighted by Gasteiger charge is -2.11. The second-order valence-electron chi connectivity index (χ2n) is 5.66. The minimum Gasteiger partial charge on any atom is -0.376 e. The highest BCUT2D eigenvalue weighted by molar-refractivity contribution is 5.77. The molecule has 1 fully saturated rings. The van der Waals surface area contributed by atoms with Crippen LogP contribution in [0.1, 0.15) is 18.4 Å². The number of hydrogen-bond acceptors (Lipinski definition) is 3. The zero-order chi connectivity index (χ0) is 15.9. The Balaban J connectivity index is 1.58. The van der Waals surface area contributed by atoms with Crippen molar-refractivity contribution in [2.75, 3.05) is 13.2 Å². The summed E-state index contributed by atoms with van der Waals surface area (Å²) in [4.78, 5) is 8.56. The van der Waals surface area contributed by atoms with Crippen molar-refractivity contribution in [3.05, 3.63) is 54.4 Å². The lowest BCUT2D eigenvalue weighted by Crippen LogP contribution is -2.37. The molecule has 0 spiro atoms. The van der Waals surface area contributed by atoms with Gasteiger partial charge in [0.2, 0.25) is 0 Å². The molecule has 1 unspecified atom stereocenters. The van der Waals surface area contributed by atoms with E-state index < -0.39 is 0 Å². The van der Waals surface area contributed by atoms with E-state index in [1.54, 1.807) is 6.20 Å². The first kappa shape index (κ1) is 15.5. The Kier molecular flexibility index (Phi) is 5.21. The molecule has 5 heteroatoms. The van der Waals surface area contributed by atoms with Crippen molar-refractivity contribution >= 4 is 5.96 Å². The summed E-state index contributed by atoms with van der Waals surface area (Å²) in [6.45, 7) is 2.13. The molecule has 1 saturated heterocycles. The summed E-state index contributed by atoms with van der Waals surface area (Å²) in [6.07, 6.45) is 6.12. The van der Waals surface area contributed by atoms with Crippen molar-refractivity contribution in [2.24, 2.45) is 10.7 Å². The smallest absolute Gasteiger partial charge is 0.189 e. The van der Waals surface area contributed by atoms with Gasteiger partial charge in [-0.2, -0.15) is 0 Å². The number of aromatic nitrogens is 1. The van der Waals surface area contributed by atoms with E-state index in [0.29, 0.717) is 12.5 Å². The number of pyridine rings is 1. The van der Waals surface area contributed by atoms with E-state index in [9.17, 15) is 0 Å². The third-order valence-corrected chi connectivity index (χ3v) is 3.89. The summed E-state index contributed by atoms with van der Waals surface area (Å²) in [7, 11) is 0. The Morgan fingerprint density at radius 1 is 1.30 bits per heavy atom. The van der Waals surface area contributed by atoms with Crippen molar-refractivity contribution in [1.82, 2.24) is 10.3 Å². The monoisotopic (exact) mass is 310 g/mol. The molecule has 2 heterocycles. The highest BCUT2D eigenvalue weighted by Crippen LogP contribution is 2.19. The normalized spacial score (nSPS) is 18.1. The van der Waals surface area contributed by atoms with Crippen LogP contribution in [0, 0.1) is 0 Å². The molecule has 1 aromatic carbocycles. The van der Waals surface area contributed by atoms with Gasteiger partial charge in [-0.15, -0.1) is 0 Å². The Morgan fingerprint density at radius 2 is 2.22 bits per heavy atom. The maximum atomic E-state index is 5.92. The standard InChI is InChI=1S/C18H22N4O/c19-18(22-13-17-7-3-9-23-17)21-11-14-4-1-5-15(10-14)16-6-2-8-20-12-16/h1-2,4-6,8,10,12,17H,3,7,9,11,13H2,(H3,19,21,22). The highest BCUT2D eigenvalue weighted by atomic mass is 16.5. The van der Waals surface area contributed by atoms with Gasteiger partial charge >= 0.3 is 0 Å². The van der Waals surface area contributed by atoms with Crippen LogP contribution >= 0.6 is 0 Å². The first-order valence-electron chi connectivity index (χ1n) is 7.96. The third kappa shape index (κ3) is 4.53. The molecule has 2 aromatic rings. The molecular weight excluding hydrogens is 288 g/mol. The molecule has 3 rings (SSSR count). The maximum absolute atomic E-state index is 5.92. The number of nitrogens with zero attached hydrogens (tertiary/aromatic N) is 2. The van der Waals surface area contributed by atoms with Crippen LogP contribution in [-0.4, -0.2) is 30.2 Å². The molecule has 120 valence electrons. The Hall–Kier alpha value is -2.40. The molecule has 0 amide bonds. The molecule has 23 heavy (non-hydrogen) atoms. The van der Waals surface area contributed by atoms with Crippen LogP contribution in [0.3, 0.4) is 0 Å². The first-order chi connectivity index (χ1) is 11.3. The van der Waals surface area contributed by atoms with Gasteiger partial charge in [0.1, 0.15) is 0 Å². The van der Waals surface area contributed by atoms with E-state index in [-0.39, 0.29) is 6.10 Å². The average molecular weight is 310 g/mol. The van der Waals surface area contributed by atoms with Gasteiger partial charge in [0.25, 0.3) is 0 Å². The SMILES string of the molecule is NC(=NCc1cccc(-c2cccnc2)c1)NCC1CCCO1. The van der Waals surface area contributed by atoms with Crippen molar-refractivity contribution in [3.63, 3.8) is 0 Å². The molecule has 0 aliphatic carbocycles. The summed E-state index contributed by atoms with van der Waals surface area (Å²) in [5, 5.41) is 3.13. The van der Waals surface area contributed by atoms with E-state index in [0.717, 1.165) is 42.7 Å². The zero-order valence-corrected chi connectivity index (χ0v) is 13.1. The average Bonchev–Trinajstić information content (AvgIpc) is 3.13. The molecule has 1 aliphatic heterocycles. The fourth-order valence-corrected chi connectivity index (χ4v) is 2.64. The van der Waals surface area contributed by atoms with E-state index in [2.05, 4.69) is 33.5 Å². The number of benzene rings is 1. The fourth-order valence-electron chi connectivity index (χ4n) is 2.64. The number of rotatable bonds is 5. The van der Waals surface area contributed by atoms with Crippen LogP contribution in [0.15, 0.2) is 53.8 Å². The van der Waals surface area contributed by atoms with Crippen LogP contribution in [0.5, 0.6) is 0 Å². The van der Waals surface area contributed by atoms with E-state index in [1.807, 2.05) is 24.4 Å². The highest BCUT2D eigenvalue weighted by Gasteiger charge is 2.14. The topological polar surface area (TPSA) is 72.5 Å². The lowest BCUT2D eigenvalue weighted by molar-refractivity contribution is 0.114. The van der Waals surface area contributed by atoms with Gasteiger partial charge in [-0.1, -0.05) is 24.3 Å². The molecule has 0 bridgehead atoms. The Bertz CT molecular complexity index is 651. The van der Waals surface area contributed by atoms with E-state index >= 15 is 0 Å². The van der Waals surface area contributed by atoms with Crippen LogP contribution in [-0.2, 0) is 11.3 Å². The van der Waals surface area contributed by atoms with Crippen molar-refractivity contribution in [3.8, 4) is 11.1 Å². The molecular formula is C18H22N4O. The number of guanidine groups is 1. The maximum Gasteiger partial charge on any atom is 0.189 e. The van der Waals surface area contributed by atoms with Crippen LogP contribution in [0.2, 0.25) is 0 Å². The number of ether oxygens (including phenoxy) is 1. The van der Waals surface area contributed by atoms with Crippen LogP contribution in [0.25, 0.3) is 11.1 Å². The summed E-state index contributed by atoms with van der Waals surface area (Å²) >= 11 is 0. The second-order valence-corrected chi connectivity index (χ2v) is 5.66. The number of aliphatic imine (C=N–C) groups is 1. The van der Waals surface area contributed by atoms with Gasteiger partial charge in [0.05, 0.1) is 12.6 Å². The Labute approximate surface area is 136 Å². The van der Waals surface area contributed by atoms with Gasteiger partial charge in [-0.3, -0.25) is 4.98 Å². The molecule has 5 nitrogen and oxygen atoms in total. The summed E-state index contributed by atoms with van der Waals surface area (Å²) in [5.74, 6) is 0.465. The minimum absolute atomic E-state index is 0.262. The molecule has 1 aliphatic rings. The van der Waals surface area contributed by atoms with Gasteiger partial charge in [0, 0.05) is 25.5 Å². The predicted octanol–water partition coefficient (Wildman–Crippen LogP) is 2.33. The summed E-state index contributed by atoms with van der Waals surface area (Å²) in [6, 6.07) is 12.3. The molecule has 1 atom stereocenters. The van der Waals surface area contributed by atoms with Gasteiger partial charge in [0.15, 0.2) is 5.96 Å². The third-order valence-electron chi connectivity index (χ3n) is 3.89. The van der Waals surface area contributed by atoms with Crippen LogP contribution < -0.4 is 11.1 Å². The Morgan fingerprint density at radius 3 is 3.00 bits per heavy atom. The van der Waals surface area contributed by atoms with Crippen molar-refractivity contribution in [1.29, 1.82) is 0 Å².